The Labute approximate surface area is 186 Å². The maximum Gasteiger partial charge on any atom is 0.283 e. The lowest BCUT2D eigenvalue weighted by Gasteiger charge is -2.34. The zero-order valence-corrected chi connectivity index (χ0v) is 18.1. The number of para-hydroxylation sites is 1. The molecule has 0 aliphatic carbocycles. The lowest BCUT2D eigenvalue weighted by atomic mass is 9.83. The third-order valence-electron chi connectivity index (χ3n) is 4.42. The first-order valence-corrected chi connectivity index (χ1v) is 10.9. The van der Waals surface area contributed by atoms with Crippen molar-refractivity contribution in [1.29, 1.82) is 0 Å². The van der Waals surface area contributed by atoms with E-state index in [4.69, 9.17) is 46.4 Å². The second-order valence-corrected chi connectivity index (χ2v) is 9.22. The fourth-order valence-corrected chi connectivity index (χ4v) is 5.63. The second-order valence-electron chi connectivity index (χ2n) is 6.06. The van der Waals surface area contributed by atoms with Crippen LogP contribution in [0.3, 0.4) is 0 Å². The quantitative estimate of drug-likeness (QED) is 0.311. The molecule has 0 aliphatic heterocycles. The largest absolute Gasteiger partial charge is 0.508 e. The number of hydrogen-bond donors (Lipinski definition) is 3. The fraction of sp³-hybridized carbons (Fsp3) is 0.0526. The van der Waals surface area contributed by atoms with Crippen molar-refractivity contribution in [2.24, 2.45) is 0 Å². The Morgan fingerprint density at radius 3 is 1.93 bits per heavy atom. The summed E-state index contributed by atoms with van der Waals surface area (Å²) in [4.78, 5) is 0. The Balaban J connectivity index is 2.66. The monoisotopic (exact) mass is 492 g/mol. The standard InChI is InChI=1S/C19H12Cl4O5S/c20-13-6-3-5-11(18(13)23)19(29(26,27)28,10-4-1-2-7-16(10)24)12-8-17(25)15(22)9-14(12)21/h1-9,24-25H,(H,26,27,28). The lowest BCUT2D eigenvalue weighted by molar-refractivity contribution is 0.439. The van der Waals surface area contributed by atoms with Crippen molar-refractivity contribution in [1.82, 2.24) is 0 Å². The first kappa shape index (κ1) is 22.0. The van der Waals surface area contributed by atoms with Gasteiger partial charge < -0.3 is 10.2 Å². The van der Waals surface area contributed by atoms with Crippen LogP contribution in [-0.2, 0) is 14.9 Å². The molecule has 3 N–H and O–H groups in total. The van der Waals surface area contributed by atoms with Crippen molar-refractivity contribution in [3.63, 3.8) is 0 Å². The molecule has 3 aromatic carbocycles. The zero-order valence-electron chi connectivity index (χ0n) is 14.3. The molecule has 10 heteroatoms. The molecule has 0 aromatic heterocycles. The predicted molar refractivity (Wildman–Crippen MR) is 114 cm³/mol. The Morgan fingerprint density at radius 2 is 1.31 bits per heavy atom. The summed E-state index contributed by atoms with van der Waals surface area (Å²) in [6, 6.07) is 11.7. The molecule has 0 amide bonds. The number of halogens is 4. The van der Waals surface area contributed by atoms with Gasteiger partial charge in [-0.05, 0) is 24.3 Å². The molecule has 0 fully saturated rings. The van der Waals surface area contributed by atoms with Gasteiger partial charge in [0.15, 0.2) is 4.75 Å². The molecule has 5 nitrogen and oxygen atoms in total. The summed E-state index contributed by atoms with van der Waals surface area (Å²) < 4.78 is 33.9. The molecule has 152 valence electrons. The summed E-state index contributed by atoms with van der Waals surface area (Å²) in [5.41, 5.74) is -0.719. The van der Waals surface area contributed by atoms with E-state index in [1.165, 1.54) is 42.5 Å². The predicted octanol–water partition coefficient (Wildman–Crippen LogP) is 5.89. The van der Waals surface area contributed by atoms with Crippen molar-refractivity contribution in [2.75, 3.05) is 0 Å². The van der Waals surface area contributed by atoms with Gasteiger partial charge >= 0.3 is 0 Å². The fourth-order valence-electron chi connectivity index (χ4n) is 3.21. The highest BCUT2D eigenvalue weighted by atomic mass is 35.5. The van der Waals surface area contributed by atoms with Gasteiger partial charge in [-0.1, -0.05) is 76.7 Å². The number of aromatic hydroxyl groups is 2. The molecule has 0 saturated carbocycles. The van der Waals surface area contributed by atoms with Crippen LogP contribution in [-0.4, -0.2) is 23.2 Å². The van der Waals surface area contributed by atoms with Crippen LogP contribution in [0.25, 0.3) is 0 Å². The molecule has 0 spiro atoms. The number of rotatable bonds is 4. The minimum Gasteiger partial charge on any atom is -0.508 e. The molecule has 29 heavy (non-hydrogen) atoms. The van der Waals surface area contributed by atoms with Crippen LogP contribution in [0.4, 0.5) is 0 Å². The van der Waals surface area contributed by atoms with Gasteiger partial charge in [-0.2, -0.15) is 8.42 Å². The van der Waals surface area contributed by atoms with E-state index in [0.29, 0.717) is 0 Å². The van der Waals surface area contributed by atoms with Gasteiger partial charge in [0, 0.05) is 21.7 Å². The topological polar surface area (TPSA) is 94.8 Å². The molecule has 1 unspecified atom stereocenters. The van der Waals surface area contributed by atoms with Crippen LogP contribution in [0, 0.1) is 0 Å². The second kappa shape index (κ2) is 7.87. The smallest absolute Gasteiger partial charge is 0.283 e. The number of benzene rings is 3. The highest BCUT2D eigenvalue weighted by molar-refractivity contribution is 7.87. The zero-order chi connectivity index (χ0) is 21.6. The lowest BCUT2D eigenvalue weighted by Crippen LogP contribution is -2.39. The number of phenolic OH excluding ortho intramolecular Hbond substituents is 2. The minimum absolute atomic E-state index is 0.00178. The van der Waals surface area contributed by atoms with Gasteiger partial charge in [0.1, 0.15) is 11.5 Å². The highest BCUT2D eigenvalue weighted by Gasteiger charge is 2.52. The van der Waals surface area contributed by atoms with Crippen LogP contribution in [0.5, 0.6) is 11.5 Å². The van der Waals surface area contributed by atoms with Crippen LogP contribution in [0.1, 0.15) is 16.7 Å². The first-order valence-electron chi connectivity index (χ1n) is 7.90. The number of hydrogen-bond acceptors (Lipinski definition) is 4. The van der Waals surface area contributed by atoms with E-state index in [9.17, 15) is 23.2 Å². The van der Waals surface area contributed by atoms with E-state index in [1.807, 2.05) is 0 Å². The molecule has 3 rings (SSSR count). The van der Waals surface area contributed by atoms with Gasteiger partial charge in [-0.15, -0.1) is 0 Å². The SMILES string of the molecule is O=S(=O)(O)C(c1ccccc1O)(c1cc(O)c(Cl)cc1Cl)c1cccc(Cl)c1Cl. The van der Waals surface area contributed by atoms with E-state index in [2.05, 4.69) is 0 Å². The summed E-state index contributed by atoms with van der Waals surface area (Å²) in [5, 5.41) is 20.1. The van der Waals surface area contributed by atoms with E-state index >= 15 is 0 Å². The molecule has 1 atom stereocenters. The molecular formula is C19H12Cl4O5S. The average molecular weight is 494 g/mol. The summed E-state index contributed by atoms with van der Waals surface area (Å²) in [6.07, 6.45) is 0. The van der Waals surface area contributed by atoms with Crippen molar-refractivity contribution in [3.05, 3.63) is 91.4 Å². The highest BCUT2D eigenvalue weighted by Crippen LogP contribution is 2.52. The van der Waals surface area contributed by atoms with E-state index in [-0.39, 0.29) is 36.8 Å². The Morgan fingerprint density at radius 1 is 0.690 bits per heavy atom. The van der Waals surface area contributed by atoms with Gasteiger partial charge in [0.25, 0.3) is 10.1 Å². The van der Waals surface area contributed by atoms with Crippen molar-refractivity contribution in [2.45, 2.75) is 4.75 Å². The molecule has 0 aliphatic rings. The van der Waals surface area contributed by atoms with Gasteiger partial charge in [0.05, 0.1) is 15.1 Å². The molecule has 3 aromatic rings. The summed E-state index contributed by atoms with van der Waals surface area (Å²) in [6.45, 7) is 0. The minimum atomic E-state index is -5.14. The first-order chi connectivity index (χ1) is 13.5. The van der Waals surface area contributed by atoms with E-state index < -0.39 is 26.4 Å². The molecule has 0 saturated heterocycles. The maximum atomic E-state index is 13.0. The summed E-state index contributed by atoms with van der Waals surface area (Å²) in [5.74, 6) is -0.959. The van der Waals surface area contributed by atoms with Crippen molar-refractivity contribution < 1.29 is 23.2 Å². The molecule has 0 heterocycles. The van der Waals surface area contributed by atoms with Gasteiger partial charge in [-0.25, -0.2) is 0 Å². The van der Waals surface area contributed by atoms with Crippen LogP contribution in [0.15, 0.2) is 54.6 Å². The van der Waals surface area contributed by atoms with E-state index in [1.54, 1.807) is 0 Å². The molecule has 0 radical (unpaired) electrons. The van der Waals surface area contributed by atoms with Gasteiger partial charge in [-0.3, -0.25) is 4.55 Å². The van der Waals surface area contributed by atoms with Gasteiger partial charge in [0.2, 0.25) is 0 Å². The van der Waals surface area contributed by atoms with Crippen molar-refractivity contribution >= 4 is 56.5 Å². The molecule has 0 bridgehead atoms. The molecular weight excluding hydrogens is 482 g/mol. The Bertz CT molecular complexity index is 1210. The van der Waals surface area contributed by atoms with Crippen LogP contribution in [0.2, 0.25) is 20.1 Å². The maximum absolute atomic E-state index is 13.0. The van der Waals surface area contributed by atoms with Crippen molar-refractivity contribution in [3.8, 4) is 11.5 Å². The normalized spacial score (nSPS) is 13.8. The average Bonchev–Trinajstić information content (AvgIpc) is 2.63. The third-order valence-corrected chi connectivity index (χ3v) is 7.28. The summed E-state index contributed by atoms with van der Waals surface area (Å²) in [7, 11) is -5.14. The third kappa shape index (κ3) is 3.54. The Hall–Kier alpha value is -1.67. The summed E-state index contributed by atoms with van der Waals surface area (Å²) >= 11 is 24.6. The van der Waals surface area contributed by atoms with E-state index in [0.717, 1.165) is 12.1 Å². The Kier molecular flexibility index (Phi) is 5.98. The number of phenols is 2. The van der Waals surface area contributed by atoms with Crippen LogP contribution < -0.4 is 0 Å². The van der Waals surface area contributed by atoms with Crippen LogP contribution >= 0.6 is 46.4 Å².